The molecular weight excluding hydrogens is 254 g/mol. The van der Waals surface area contributed by atoms with Gasteiger partial charge in [0.2, 0.25) is 0 Å². The molecule has 0 saturated carbocycles. The fraction of sp³-hybridized carbons (Fsp3) is 0.600. The average Bonchev–Trinajstić information content (AvgIpc) is 2.45. The molecular formula is C15H23N3O2. The van der Waals surface area contributed by atoms with Crippen molar-refractivity contribution >= 4 is 5.91 Å². The molecule has 5 nitrogen and oxygen atoms in total. The molecule has 1 aromatic heterocycles. The van der Waals surface area contributed by atoms with E-state index in [2.05, 4.69) is 17.2 Å². The van der Waals surface area contributed by atoms with Crippen LogP contribution in [0.5, 0.6) is 0 Å². The lowest BCUT2D eigenvalue weighted by molar-refractivity contribution is 0.0693. The van der Waals surface area contributed by atoms with Gasteiger partial charge in [-0.1, -0.05) is 6.92 Å². The second kappa shape index (κ2) is 6.70. The van der Waals surface area contributed by atoms with Crippen LogP contribution in [0.1, 0.15) is 42.2 Å². The number of aryl methyl sites for hydroxylation is 1. The van der Waals surface area contributed by atoms with Gasteiger partial charge in [0, 0.05) is 37.1 Å². The molecule has 2 heterocycles. The van der Waals surface area contributed by atoms with Crippen molar-refractivity contribution in [3.8, 4) is 0 Å². The molecule has 0 bridgehead atoms. The molecule has 2 N–H and O–H groups in total. The van der Waals surface area contributed by atoms with Gasteiger partial charge in [0.1, 0.15) is 5.56 Å². The van der Waals surface area contributed by atoms with E-state index < -0.39 is 0 Å². The Hall–Kier alpha value is -1.62. The molecule has 2 rings (SSSR count). The van der Waals surface area contributed by atoms with E-state index in [-0.39, 0.29) is 16.9 Å². The number of carbonyl (C=O) groups is 1. The van der Waals surface area contributed by atoms with Gasteiger partial charge in [-0.2, -0.15) is 0 Å². The van der Waals surface area contributed by atoms with E-state index >= 15 is 0 Å². The molecule has 1 saturated heterocycles. The molecule has 20 heavy (non-hydrogen) atoms. The first-order valence-corrected chi connectivity index (χ1v) is 7.33. The molecule has 1 aromatic rings. The molecule has 1 amide bonds. The van der Waals surface area contributed by atoms with E-state index in [1.807, 2.05) is 0 Å². The first-order chi connectivity index (χ1) is 9.61. The molecule has 1 aliphatic rings. The van der Waals surface area contributed by atoms with Crippen LogP contribution in [0.15, 0.2) is 17.1 Å². The minimum absolute atomic E-state index is 0.158. The number of aromatic nitrogens is 1. The molecule has 1 aliphatic heterocycles. The van der Waals surface area contributed by atoms with E-state index in [0.29, 0.717) is 12.6 Å². The van der Waals surface area contributed by atoms with Crippen LogP contribution in [0.2, 0.25) is 0 Å². The highest BCUT2D eigenvalue weighted by molar-refractivity contribution is 5.93. The largest absolute Gasteiger partial charge is 0.364 e. The van der Waals surface area contributed by atoms with Crippen LogP contribution in [0.3, 0.4) is 0 Å². The summed E-state index contributed by atoms with van der Waals surface area (Å²) in [5.74, 6) is -0.158. The fourth-order valence-corrected chi connectivity index (χ4v) is 2.59. The summed E-state index contributed by atoms with van der Waals surface area (Å²) in [7, 11) is 0. The van der Waals surface area contributed by atoms with Crippen LogP contribution in [0.4, 0.5) is 0 Å². The van der Waals surface area contributed by atoms with Crippen molar-refractivity contribution < 1.29 is 4.79 Å². The third-order valence-corrected chi connectivity index (χ3v) is 3.68. The van der Waals surface area contributed by atoms with Crippen molar-refractivity contribution in [1.82, 2.24) is 15.2 Å². The van der Waals surface area contributed by atoms with Gasteiger partial charge in [-0.25, -0.2) is 0 Å². The van der Waals surface area contributed by atoms with Crippen molar-refractivity contribution in [2.45, 2.75) is 39.2 Å². The van der Waals surface area contributed by atoms with Crippen molar-refractivity contribution in [2.24, 2.45) is 0 Å². The third kappa shape index (κ3) is 3.48. The van der Waals surface area contributed by atoms with Crippen molar-refractivity contribution in [1.29, 1.82) is 0 Å². The van der Waals surface area contributed by atoms with Gasteiger partial charge in [-0.3, -0.25) is 9.59 Å². The number of hydrogen-bond donors (Lipinski definition) is 2. The number of H-pyrrole nitrogens is 1. The van der Waals surface area contributed by atoms with E-state index in [0.717, 1.165) is 38.0 Å². The molecule has 110 valence electrons. The average molecular weight is 277 g/mol. The number of likely N-dealkylation sites (tertiary alicyclic amines) is 1. The Labute approximate surface area is 119 Å². The smallest absolute Gasteiger partial charge is 0.259 e. The number of piperidine rings is 1. The Morgan fingerprint density at radius 2 is 2.35 bits per heavy atom. The lowest BCUT2D eigenvalue weighted by atomic mass is 10.0. The standard InChI is InChI=1S/C15H23N3O2/c1-3-6-16-12-5-4-7-18(10-12)15(20)13-9-17-11(2)8-14(13)19/h8-9,12,16H,3-7,10H2,1-2H3,(H,17,19). The van der Waals surface area contributed by atoms with Crippen LogP contribution in [-0.4, -0.2) is 41.5 Å². The number of nitrogens with one attached hydrogen (secondary N) is 2. The number of carbonyl (C=O) groups excluding carboxylic acids is 1. The molecule has 0 aromatic carbocycles. The molecule has 1 atom stereocenters. The van der Waals surface area contributed by atoms with Gasteiger partial charge in [0.25, 0.3) is 5.91 Å². The highest BCUT2D eigenvalue weighted by Crippen LogP contribution is 2.12. The minimum Gasteiger partial charge on any atom is -0.364 e. The lowest BCUT2D eigenvalue weighted by Gasteiger charge is -2.33. The maximum absolute atomic E-state index is 12.4. The summed E-state index contributed by atoms with van der Waals surface area (Å²) in [6, 6.07) is 1.82. The van der Waals surface area contributed by atoms with E-state index in [1.165, 1.54) is 12.3 Å². The zero-order valence-corrected chi connectivity index (χ0v) is 12.2. The van der Waals surface area contributed by atoms with Crippen LogP contribution in [-0.2, 0) is 0 Å². The van der Waals surface area contributed by atoms with Crippen molar-refractivity contribution in [2.75, 3.05) is 19.6 Å². The Balaban J connectivity index is 2.06. The Morgan fingerprint density at radius 3 is 3.05 bits per heavy atom. The summed E-state index contributed by atoms with van der Waals surface area (Å²) in [5.41, 5.74) is 0.814. The van der Waals surface area contributed by atoms with Crippen molar-refractivity contribution in [3.05, 3.63) is 33.7 Å². The van der Waals surface area contributed by atoms with Crippen molar-refractivity contribution in [3.63, 3.8) is 0 Å². The number of nitrogens with zero attached hydrogens (tertiary/aromatic N) is 1. The summed E-state index contributed by atoms with van der Waals surface area (Å²) in [6.07, 6.45) is 4.69. The number of amides is 1. The van der Waals surface area contributed by atoms with E-state index in [9.17, 15) is 9.59 Å². The molecule has 0 spiro atoms. The SMILES string of the molecule is CCCNC1CCCN(C(=O)c2c[nH]c(C)cc2=O)C1. The summed E-state index contributed by atoms with van der Waals surface area (Å²) >= 11 is 0. The van der Waals surface area contributed by atoms with E-state index in [1.54, 1.807) is 11.8 Å². The van der Waals surface area contributed by atoms with Gasteiger partial charge >= 0.3 is 0 Å². The number of hydrogen-bond acceptors (Lipinski definition) is 3. The molecule has 1 fully saturated rings. The quantitative estimate of drug-likeness (QED) is 0.871. The fourth-order valence-electron chi connectivity index (χ4n) is 2.59. The summed E-state index contributed by atoms with van der Waals surface area (Å²) in [4.78, 5) is 29.1. The highest BCUT2D eigenvalue weighted by Gasteiger charge is 2.25. The van der Waals surface area contributed by atoms with Crippen LogP contribution in [0, 0.1) is 6.92 Å². The molecule has 0 aliphatic carbocycles. The second-order valence-corrected chi connectivity index (χ2v) is 5.44. The summed E-state index contributed by atoms with van der Waals surface area (Å²) < 4.78 is 0. The van der Waals surface area contributed by atoms with Gasteiger partial charge < -0.3 is 15.2 Å². The zero-order valence-electron chi connectivity index (χ0n) is 12.2. The number of pyridine rings is 1. The minimum atomic E-state index is -0.199. The van der Waals surface area contributed by atoms with Crippen LogP contribution in [0.25, 0.3) is 0 Å². The number of rotatable bonds is 4. The summed E-state index contributed by atoms with van der Waals surface area (Å²) in [6.45, 7) is 6.33. The first-order valence-electron chi connectivity index (χ1n) is 7.33. The van der Waals surface area contributed by atoms with Gasteiger partial charge in [0.15, 0.2) is 5.43 Å². The second-order valence-electron chi connectivity index (χ2n) is 5.44. The normalized spacial score (nSPS) is 19.1. The molecule has 1 unspecified atom stereocenters. The van der Waals surface area contributed by atoms with Gasteiger partial charge in [-0.15, -0.1) is 0 Å². The molecule has 5 heteroatoms. The van der Waals surface area contributed by atoms with Crippen LogP contribution >= 0.6 is 0 Å². The zero-order chi connectivity index (χ0) is 14.5. The first kappa shape index (κ1) is 14.8. The molecule has 0 radical (unpaired) electrons. The highest BCUT2D eigenvalue weighted by atomic mass is 16.2. The lowest BCUT2D eigenvalue weighted by Crippen LogP contribution is -2.48. The Bertz CT molecular complexity index is 524. The monoisotopic (exact) mass is 277 g/mol. The Morgan fingerprint density at radius 1 is 1.55 bits per heavy atom. The van der Waals surface area contributed by atoms with E-state index in [4.69, 9.17) is 0 Å². The summed E-state index contributed by atoms with van der Waals surface area (Å²) in [5, 5.41) is 3.45. The Kier molecular flexibility index (Phi) is 4.95. The topological polar surface area (TPSA) is 65.2 Å². The predicted octanol–water partition coefficient (Wildman–Crippen LogP) is 1.29. The predicted molar refractivity (Wildman–Crippen MR) is 79.0 cm³/mol. The van der Waals surface area contributed by atoms with Gasteiger partial charge in [-0.05, 0) is 32.7 Å². The number of aromatic amines is 1. The maximum Gasteiger partial charge on any atom is 0.259 e. The maximum atomic E-state index is 12.4. The van der Waals surface area contributed by atoms with Crippen LogP contribution < -0.4 is 10.7 Å². The third-order valence-electron chi connectivity index (χ3n) is 3.68. The van der Waals surface area contributed by atoms with Gasteiger partial charge in [0.05, 0.1) is 0 Å².